The van der Waals surface area contributed by atoms with Crippen molar-refractivity contribution in [3.8, 4) is 0 Å². The molecule has 0 bridgehead atoms. The van der Waals surface area contributed by atoms with Crippen molar-refractivity contribution in [1.29, 1.82) is 0 Å². The Balaban J connectivity index is 0.000000182. The Labute approximate surface area is 187 Å². The molecule has 5 N–H and O–H groups in total. The van der Waals surface area contributed by atoms with Crippen LogP contribution in [0.5, 0.6) is 0 Å². The van der Waals surface area contributed by atoms with E-state index in [4.69, 9.17) is 21.3 Å². The first-order valence-electron chi connectivity index (χ1n) is 10.9. The SMILES string of the molecule is COC(=O)C1CCCN(c2ccnc(N)n2)C1.Nc1nccc(N2CCCC(CO)C2)n1. The second kappa shape index (κ2) is 11.4. The summed E-state index contributed by atoms with van der Waals surface area (Å²) in [6, 6.07) is 3.66. The van der Waals surface area contributed by atoms with Crippen molar-refractivity contribution in [3.63, 3.8) is 0 Å². The lowest BCUT2D eigenvalue weighted by Crippen LogP contribution is -2.39. The molecule has 11 heteroatoms. The maximum Gasteiger partial charge on any atom is 0.310 e. The molecule has 0 aromatic carbocycles. The number of ether oxygens (including phenoxy) is 1. The first-order valence-corrected chi connectivity index (χ1v) is 10.9. The van der Waals surface area contributed by atoms with Gasteiger partial charge in [0.05, 0.1) is 13.0 Å². The number of piperidine rings is 2. The van der Waals surface area contributed by atoms with Crippen LogP contribution in [0, 0.1) is 11.8 Å². The van der Waals surface area contributed by atoms with Gasteiger partial charge < -0.3 is 31.1 Å². The van der Waals surface area contributed by atoms with Gasteiger partial charge in [-0.3, -0.25) is 4.79 Å². The van der Waals surface area contributed by atoms with Gasteiger partial charge in [0, 0.05) is 45.2 Å². The number of carbonyl (C=O) groups is 1. The summed E-state index contributed by atoms with van der Waals surface area (Å²) in [4.78, 5) is 31.8. The quantitative estimate of drug-likeness (QED) is 0.571. The number of methoxy groups -OCH3 is 1. The number of aliphatic hydroxyl groups is 1. The van der Waals surface area contributed by atoms with Crippen molar-refractivity contribution >= 4 is 29.5 Å². The van der Waals surface area contributed by atoms with Crippen molar-refractivity contribution < 1.29 is 14.6 Å². The third-order valence-corrected chi connectivity index (χ3v) is 5.70. The van der Waals surface area contributed by atoms with E-state index in [-0.39, 0.29) is 24.4 Å². The molecule has 2 aliphatic heterocycles. The molecule has 2 atom stereocenters. The Hall–Kier alpha value is -3.21. The highest BCUT2D eigenvalue weighted by Gasteiger charge is 2.27. The number of aromatic nitrogens is 4. The van der Waals surface area contributed by atoms with Gasteiger partial charge in [0.15, 0.2) is 0 Å². The minimum absolute atomic E-state index is 0.0788. The summed E-state index contributed by atoms with van der Waals surface area (Å²) in [6.45, 7) is 3.59. The van der Waals surface area contributed by atoms with Crippen LogP contribution in [-0.4, -0.2) is 70.9 Å². The fourth-order valence-electron chi connectivity index (χ4n) is 4.05. The smallest absolute Gasteiger partial charge is 0.310 e. The minimum atomic E-state index is -0.156. The molecule has 11 nitrogen and oxygen atoms in total. The molecule has 2 aromatic rings. The van der Waals surface area contributed by atoms with Crippen LogP contribution in [-0.2, 0) is 9.53 Å². The van der Waals surface area contributed by atoms with Crippen LogP contribution in [0.15, 0.2) is 24.5 Å². The number of nitrogens with zero attached hydrogens (tertiary/aromatic N) is 6. The molecule has 0 radical (unpaired) electrons. The summed E-state index contributed by atoms with van der Waals surface area (Å²) in [5, 5.41) is 9.13. The normalized spacial score (nSPS) is 20.8. The minimum Gasteiger partial charge on any atom is -0.469 e. The van der Waals surface area contributed by atoms with Crippen molar-refractivity contribution in [3.05, 3.63) is 24.5 Å². The van der Waals surface area contributed by atoms with Gasteiger partial charge in [0.2, 0.25) is 11.9 Å². The lowest BCUT2D eigenvalue weighted by atomic mass is 9.98. The Morgan fingerprint density at radius 1 is 1.03 bits per heavy atom. The van der Waals surface area contributed by atoms with Gasteiger partial charge >= 0.3 is 5.97 Å². The monoisotopic (exact) mass is 444 g/mol. The highest BCUT2D eigenvalue weighted by atomic mass is 16.5. The van der Waals surface area contributed by atoms with E-state index in [9.17, 15) is 4.79 Å². The molecular weight excluding hydrogens is 412 g/mol. The second-order valence-corrected chi connectivity index (χ2v) is 7.99. The predicted octanol–water partition coefficient (Wildman–Crippen LogP) is 0.716. The average Bonchev–Trinajstić information content (AvgIpc) is 2.84. The third-order valence-electron chi connectivity index (χ3n) is 5.70. The molecule has 2 unspecified atom stereocenters. The van der Waals surface area contributed by atoms with Gasteiger partial charge in [-0.15, -0.1) is 0 Å². The summed E-state index contributed by atoms with van der Waals surface area (Å²) in [5.41, 5.74) is 11.1. The van der Waals surface area contributed by atoms with Crippen LogP contribution in [0.25, 0.3) is 0 Å². The van der Waals surface area contributed by atoms with Gasteiger partial charge in [0.1, 0.15) is 11.6 Å². The molecule has 2 saturated heterocycles. The molecular formula is C21H32N8O3. The first-order chi connectivity index (χ1) is 15.5. The third kappa shape index (κ3) is 6.39. The number of aliphatic hydroxyl groups excluding tert-OH is 1. The second-order valence-electron chi connectivity index (χ2n) is 7.99. The van der Waals surface area contributed by atoms with E-state index in [1.807, 2.05) is 11.0 Å². The van der Waals surface area contributed by atoms with Gasteiger partial charge in [-0.05, 0) is 43.7 Å². The van der Waals surface area contributed by atoms with Crippen molar-refractivity contribution in [2.45, 2.75) is 25.7 Å². The number of esters is 1. The molecule has 2 fully saturated rings. The van der Waals surface area contributed by atoms with Gasteiger partial charge in [-0.2, -0.15) is 9.97 Å². The van der Waals surface area contributed by atoms with Crippen LogP contribution in [0.3, 0.4) is 0 Å². The molecule has 2 aliphatic rings. The fourth-order valence-corrected chi connectivity index (χ4v) is 4.05. The molecule has 0 saturated carbocycles. The lowest BCUT2D eigenvalue weighted by Gasteiger charge is -2.32. The van der Waals surface area contributed by atoms with Gasteiger partial charge in [-0.25, -0.2) is 9.97 Å². The molecule has 0 aliphatic carbocycles. The predicted molar refractivity (Wildman–Crippen MR) is 122 cm³/mol. The highest BCUT2D eigenvalue weighted by molar-refractivity contribution is 5.73. The summed E-state index contributed by atoms with van der Waals surface area (Å²) in [7, 11) is 1.42. The first kappa shape index (κ1) is 23.5. The fraction of sp³-hybridized carbons (Fsp3) is 0.571. The number of hydrogen-bond acceptors (Lipinski definition) is 11. The zero-order valence-electron chi connectivity index (χ0n) is 18.4. The van der Waals surface area contributed by atoms with E-state index >= 15 is 0 Å². The Morgan fingerprint density at radius 2 is 1.59 bits per heavy atom. The summed E-state index contributed by atoms with van der Waals surface area (Å²) in [5.74, 6) is 2.31. The number of anilines is 4. The van der Waals surface area contributed by atoms with E-state index in [0.717, 1.165) is 57.0 Å². The summed E-state index contributed by atoms with van der Waals surface area (Å²) < 4.78 is 4.77. The topological polar surface area (TPSA) is 157 Å². The molecule has 4 rings (SSSR count). The number of nitrogen functional groups attached to an aromatic ring is 2. The van der Waals surface area contributed by atoms with Gasteiger partial charge in [0.25, 0.3) is 0 Å². The molecule has 2 aromatic heterocycles. The van der Waals surface area contributed by atoms with E-state index in [1.54, 1.807) is 18.5 Å². The molecule has 32 heavy (non-hydrogen) atoms. The Bertz CT molecular complexity index is 884. The molecule has 4 heterocycles. The zero-order valence-corrected chi connectivity index (χ0v) is 18.4. The van der Waals surface area contributed by atoms with E-state index in [2.05, 4.69) is 24.8 Å². The summed E-state index contributed by atoms with van der Waals surface area (Å²) in [6.07, 6.45) is 7.29. The van der Waals surface area contributed by atoms with Crippen LogP contribution < -0.4 is 21.3 Å². The molecule has 0 spiro atoms. The standard InChI is InChI=1S/C11H16N4O2.C10H16N4O/c1-17-10(16)8-3-2-6-15(7-8)9-4-5-13-11(12)14-9;11-10-12-4-3-9(13-10)14-5-1-2-8(6-14)7-15/h4-5,8H,2-3,6-7H2,1H3,(H2,12,13,14);3-4,8,15H,1-2,5-7H2,(H2,11,12,13). The maximum atomic E-state index is 11.5. The lowest BCUT2D eigenvalue weighted by molar-refractivity contribution is -0.145. The van der Waals surface area contributed by atoms with Crippen LogP contribution in [0.1, 0.15) is 25.7 Å². The Morgan fingerprint density at radius 3 is 2.12 bits per heavy atom. The zero-order chi connectivity index (χ0) is 22.9. The van der Waals surface area contributed by atoms with E-state index in [1.165, 1.54) is 7.11 Å². The van der Waals surface area contributed by atoms with E-state index < -0.39 is 0 Å². The molecule has 174 valence electrons. The number of carbonyl (C=O) groups excluding carboxylic acids is 1. The van der Waals surface area contributed by atoms with Crippen molar-refractivity contribution in [2.24, 2.45) is 11.8 Å². The van der Waals surface area contributed by atoms with Crippen molar-refractivity contribution in [2.75, 3.05) is 61.2 Å². The highest BCUT2D eigenvalue weighted by Crippen LogP contribution is 2.23. The number of rotatable bonds is 4. The number of hydrogen-bond donors (Lipinski definition) is 3. The van der Waals surface area contributed by atoms with Crippen molar-refractivity contribution in [1.82, 2.24) is 19.9 Å². The molecule has 0 amide bonds. The average molecular weight is 445 g/mol. The largest absolute Gasteiger partial charge is 0.469 e. The maximum absolute atomic E-state index is 11.5. The van der Waals surface area contributed by atoms with Crippen LogP contribution in [0.4, 0.5) is 23.5 Å². The summed E-state index contributed by atoms with van der Waals surface area (Å²) >= 11 is 0. The Kier molecular flexibility index (Phi) is 8.37. The van der Waals surface area contributed by atoms with Crippen LogP contribution >= 0.6 is 0 Å². The number of nitrogens with two attached hydrogens (primary N) is 2. The van der Waals surface area contributed by atoms with E-state index in [0.29, 0.717) is 18.4 Å². The van der Waals surface area contributed by atoms with Gasteiger partial charge in [-0.1, -0.05) is 0 Å². The van der Waals surface area contributed by atoms with Crippen LogP contribution in [0.2, 0.25) is 0 Å².